The molecule has 0 amide bonds. The molecule has 0 bridgehead atoms. The van der Waals surface area contributed by atoms with E-state index in [-0.39, 0.29) is 17.8 Å². The third-order valence-corrected chi connectivity index (χ3v) is 5.68. The molecule has 0 unspecified atom stereocenters. The van der Waals surface area contributed by atoms with E-state index in [0.29, 0.717) is 31.2 Å². The maximum Gasteiger partial charge on any atom is 0.412 e. The van der Waals surface area contributed by atoms with Gasteiger partial charge in [0.15, 0.2) is 0 Å². The highest BCUT2D eigenvalue weighted by Crippen LogP contribution is 2.40. The Labute approximate surface area is 168 Å². The zero-order valence-electron chi connectivity index (χ0n) is 16.4. The molecule has 0 nitrogen and oxygen atoms in total. The Bertz CT molecular complexity index is 841. The Hall–Kier alpha value is -2.17. The lowest BCUT2D eigenvalue weighted by Crippen LogP contribution is -2.15. The summed E-state index contributed by atoms with van der Waals surface area (Å²) in [5.74, 6) is -1.76. The van der Waals surface area contributed by atoms with Crippen molar-refractivity contribution in [2.75, 3.05) is 0 Å². The zero-order valence-corrected chi connectivity index (χ0v) is 16.4. The maximum absolute atomic E-state index is 14.4. The van der Waals surface area contributed by atoms with Crippen molar-refractivity contribution in [3.8, 4) is 11.1 Å². The molecule has 1 saturated carbocycles. The SMILES string of the molecule is CCCc1ccc(-c2ccc(C3CCC(/C(F)=C/C(F)(F)F)CC3)cc2)c(F)c1. The summed E-state index contributed by atoms with van der Waals surface area (Å²) >= 11 is 0. The molecule has 0 atom stereocenters. The van der Waals surface area contributed by atoms with Crippen molar-refractivity contribution in [1.29, 1.82) is 0 Å². The van der Waals surface area contributed by atoms with Gasteiger partial charge < -0.3 is 0 Å². The van der Waals surface area contributed by atoms with Gasteiger partial charge in [-0.15, -0.1) is 0 Å². The molecule has 5 heteroatoms. The van der Waals surface area contributed by atoms with Gasteiger partial charge in [-0.2, -0.15) is 13.2 Å². The van der Waals surface area contributed by atoms with Crippen molar-refractivity contribution in [3.63, 3.8) is 0 Å². The first-order valence-electron chi connectivity index (χ1n) is 10.1. The first-order chi connectivity index (χ1) is 13.8. The fourth-order valence-electron chi connectivity index (χ4n) is 4.15. The third kappa shape index (κ3) is 5.68. The molecular weight excluding hydrogens is 383 g/mol. The Morgan fingerprint density at radius 3 is 2.21 bits per heavy atom. The van der Waals surface area contributed by atoms with Crippen LogP contribution < -0.4 is 0 Å². The quantitative estimate of drug-likeness (QED) is 0.438. The maximum atomic E-state index is 14.4. The van der Waals surface area contributed by atoms with E-state index in [0.717, 1.165) is 29.5 Å². The van der Waals surface area contributed by atoms with E-state index in [1.165, 1.54) is 0 Å². The second kappa shape index (κ2) is 9.10. The van der Waals surface area contributed by atoms with E-state index < -0.39 is 17.9 Å². The van der Waals surface area contributed by atoms with Gasteiger partial charge in [-0.1, -0.05) is 49.7 Å². The molecule has 0 heterocycles. The van der Waals surface area contributed by atoms with Gasteiger partial charge in [0.2, 0.25) is 0 Å². The van der Waals surface area contributed by atoms with Crippen LogP contribution in [0.15, 0.2) is 54.4 Å². The number of halogens is 5. The summed E-state index contributed by atoms with van der Waals surface area (Å²) in [5.41, 5.74) is 3.39. The Kier molecular flexibility index (Phi) is 6.76. The molecule has 0 N–H and O–H groups in total. The average Bonchev–Trinajstić information content (AvgIpc) is 2.67. The monoisotopic (exact) mass is 408 g/mol. The minimum Gasteiger partial charge on any atom is -0.212 e. The summed E-state index contributed by atoms with van der Waals surface area (Å²) in [6.07, 6.45) is -0.930. The van der Waals surface area contributed by atoms with E-state index in [9.17, 15) is 22.0 Å². The molecule has 29 heavy (non-hydrogen) atoms. The smallest absolute Gasteiger partial charge is 0.212 e. The van der Waals surface area contributed by atoms with Crippen LogP contribution in [0.2, 0.25) is 0 Å². The molecular formula is C24H25F5. The molecule has 2 aromatic carbocycles. The lowest BCUT2D eigenvalue weighted by Gasteiger charge is -2.28. The molecule has 1 aliphatic rings. The topological polar surface area (TPSA) is 0 Å². The van der Waals surface area contributed by atoms with Gasteiger partial charge in [-0.3, -0.25) is 0 Å². The Balaban J connectivity index is 1.65. The molecule has 1 aliphatic carbocycles. The number of hydrogen-bond donors (Lipinski definition) is 0. The molecule has 0 spiro atoms. The lowest BCUT2D eigenvalue weighted by molar-refractivity contribution is -0.0820. The fourth-order valence-corrected chi connectivity index (χ4v) is 4.15. The Morgan fingerprint density at radius 2 is 1.66 bits per heavy atom. The van der Waals surface area contributed by atoms with Gasteiger partial charge in [0.05, 0.1) is 6.08 Å². The van der Waals surface area contributed by atoms with Crippen molar-refractivity contribution in [1.82, 2.24) is 0 Å². The molecule has 0 saturated heterocycles. The number of alkyl halides is 3. The van der Waals surface area contributed by atoms with Crippen LogP contribution in [0.25, 0.3) is 11.1 Å². The minimum atomic E-state index is -4.61. The van der Waals surface area contributed by atoms with Crippen LogP contribution in [0.3, 0.4) is 0 Å². The average molecular weight is 408 g/mol. The minimum absolute atomic E-state index is 0.191. The zero-order chi connectivity index (χ0) is 21.0. The lowest BCUT2D eigenvalue weighted by atomic mass is 9.78. The van der Waals surface area contributed by atoms with Gasteiger partial charge >= 0.3 is 6.18 Å². The predicted molar refractivity (Wildman–Crippen MR) is 106 cm³/mol. The van der Waals surface area contributed by atoms with E-state index >= 15 is 0 Å². The number of benzene rings is 2. The van der Waals surface area contributed by atoms with Crippen molar-refractivity contribution in [2.45, 2.75) is 57.5 Å². The number of allylic oxidation sites excluding steroid dienone is 2. The van der Waals surface area contributed by atoms with E-state index in [1.807, 2.05) is 30.3 Å². The number of hydrogen-bond acceptors (Lipinski definition) is 0. The fraction of sp³-hybridized carbons (Fsp3) is 0.417. The van der Waals surface area contributed by atoms with Gasteiger partial charge in [-0.05, 0) is 60.8 Å². The predicted octanol–water partition coefficient (Wildman–Crippen LogP) is 8.13. The van der Waals surface area contributed by atoms with Crippen LogP contribution in [-0.2, 0) is 6.42 Å². The third-order valence-electron chi connectivity index (χ3n) is 5.68. The van der Waals surface area contributed by atoms with E-state index in [1.54, 1.807) is 12.1 Å². The van der Waals surface area contributed by atoms with Gasteiger partial charge in [-0.25, -0.2) is 8.78 Å². The molecule has 156 valence electrons. The molecule has 0 aliphatic heterocycles. The summed E-state index contributed by atoms with van der Waals surface area (Å²) < 4.78 is 65.2. The summed E-state index contributed by atoms with van der Waals surface area (Å²) in [5, 5.41) is 0. The summed E-state index contributed by atoms with van der Waals surface area (Å²) in [6, 6.07) is 13.0. The highest BCUT2D eigenvalue weighted by Gasteiger charge is 2.30. The van der Waals surface area contributed by atoms with Gasteiger partial charge in [0.25, 0.3) is 0 Å². The second-order valence-corrected chi connectivity index (χ2v) is 7.81. The summed E-state index contributed by atoms with van der Waals surface area (Å²) in [7, 11) is 0. The highest BCUT2D eigenvalue weighted by atomic mass is 19.4. The summed E-state index contributed by atoms with van der Waals surface area (Å²) in [4.78, 5) is 0. The molecule has 3 rings (SSSR count). The van der Waals surface area contributed by atoms with Crippen molar-refractivity contribution < 1.29 is 22.0 Å². The normalized spacial score (nSPS) is 20.7. The highest BCUT2D eigenvalue weighted by molar-refractivity contribution is 5.65. The first-order valence-corrected chi connectivity index (χ1v) is 10.1. The van der Waals surface area contributed by atoms with E-state index in [4.69, 9.17) is 0 Å². The molecule has 2 aromatic rings. The Morgan fingerprint density at radius 1 is 1.00 bits per heavy atom. The largest absolute Gasteiger partial charge is 0.412 e. The summed E-state index contributed by atoms with van der Waals surface area (Å²) in [6.45, 7) is 2.05. The van der Waals surface area contributed by atoms with Crippen LogP contribution in [0, 0.1) is 11.7 Å². The van der Waals surface area contributed by atoms with Gasteiger partial charge in [0, 0.05) is 11.5 Å². The van der Waals surface area contributed by atoms with Crippen molar-refractivity contribution in [2.24, 2.45) is 5.92 Å². The number of rotatable bonds is 5. The van der Waals surface area contributed by atoms with Crippen LogP contribution >= 0.6 is 0 Å². The first kappa shape index (κ1) is 21.5. The molecule has 0 radical (unpaired) electrons. The molecule has 0 aromatic heterocycles. The number of aryl methyl sites for hydroxylation is 1. The van der Waals surface area contributed by atoms with Gasteiger partial charge in [0.1, 0.15) is 11.6 Å². The standard InChI is InChI=1S/C24H25F5/c1-2-3-16-4-13-21(22(25)14-16)19-9-5-17(6-10-19)18-7-11-20(12-8-18)23(26)15-24(27,28)29/h4-6,9-10,13-15,18,20H,2-3,7-8,11-12H2,1H3/b23-15-. The second-order valence-electron chi connectivity index (χ2n) is 7.81. The van der Waals surface area contributed by atoms with Crippen LogP contribution in [-0.4, -0.2) is 6.18 Å². The van der Waals surface area contributed by atoms with Crippen LogP contribution in [0.1, 0.15) is 56.1 Å². The molecule has 1 fully saturated rings. The van der Waals surface area contributed by atoms with Crippen molar-refractivity contribution >= 4 is 0 Å². The van der Waals surface area contributed by atoms with Crippen molar-refractivity contribution in [3.05, 3.63) is 71.3 Å². The van der Waals surface area contributed by atoms with Crippen LogP contribution in [0.4, 0.5) is 22.0 Å². The van der Waals surface area contributed by atoms with E-state index in [2.05, 4.69) is 6.92 Å². The van der Waals surface area contributed by atoms with Crippen LogP contribution in [0.5, 0.6) is 0 Å².